The second-order valence-corrected chi connectivity index (χ2v) is 8.18. The Morgan fingerprint density at radius 3 is 2.58 bits per heavy atom. The van der Waals surface area contributed by atoms with Crippen LogP contribution < -0.4 is 4.90 Å². The smallest absolute Gasteiger partial charge is 0.338 e. The number of halogens is 3. The minimum absolute atomic E-state index is 0. The number of para-hydroxylation sites is 1. The molecule has 3 aromatic rings. The van der Waals surface area contributed by atoms with Crippen LogP contribution in [-0.2, 0) is 11.3 Å². The van der Waals surface area contributed by atoms with Crippen LogP contribution in [0.2, 0.25) is 10.0 Å². The molecular formula is C26H23Cl3N2O2. The first-order valence-corrected chi connectivity index (χ1v) is 11.0. The van der Waals surface area contributed by atoms with E-state index < -0.39 is 0 Å². The molecule has 170 valence electrons. The molecule has 3 aromatic carbocycles. The average Bonchev–Trinajstić information content (AvgIpc) is 2.99. The molecule has 1 heterocycles. The quantitative estimate of drug-likeness (QED) is 0.364. The van der Waals surface area contributed by atoms with Crippen LogP contribution in [0, 0.1) is 0 Å². The fourth-order valence-corrected chi connectivity index (χ4v) is 4.04. The lowest BCUT2D eigenvalue weighted by molar-refractivity contribution is 0.0599. The number of allylic oxidation sites excluding steroid dienone is 1. The summed E-state index contributed by atoms with van der Waals surface area (Å²) in [5.74, 6) is -0.329. The highest BCUT2D eigenvalue weighted by Gasteiger charge is 2.19. The van der Waals surface area contributed by atoms with E-state index in [0.29, 0.717) is 28.7 Å². The van der Waals surface area contributed by atoms with Crippen LogP contribution in [0.1, 0.15) is 27.0 Å². The molecule has 0 N–H and O–H groups in total. The summed E-state index contributed by atoms with van der Waals surface area (Å²) in [5, 5.41) is 1.05. The summed E-state index contributed by atoms with van der Waals surface area (Å²) in [4.78, 5) is 19.3. The first-order chi connectivity index (χ1) is 15.6. The lowest BCUT2D eigenvalue weighted by atomic mass is 10.0. The van der Waals surface area contributed by atoms with E-state index in [1.165, 1.54) is 7.11 Å². The number of benzene rings is 3. The molecule has 0 radical (unpaired) electrons. The normalized spacial score (nSPS) is 13.1. The van der Waals surface area contributed by atoms with Gasteiger partial charge in [-0.05, 0) is 41.5 Å². The van der Waals surface area contributed by atoms with Gasteiger partial charge in [0.15, 0.2) is 0 Å². The number of rotatable bonds is 5. The van der Waals surface area contributed by atoms with E-state index in [0.717, 1.165) is 34.6 Å². The predicted octanol–water partition coefficient (Wildman–Crippen LogP) is 6.72. The molecule has 0 aromatic heterocycles. The molecule has 0 saturated heterocycles. The van der Waals surface area contributed by atoms with E-state index in [-0.39, 0.29) is 18.4 Å². The monoisotopic (exact) mass is 500 g/mol. The van der Waals surface area contributed by atoms with Crippen molar-refractivity contribution >= 4 is 59.1 Å². The Kier molecular flexibility index (Phi) is 8.56. The fraction of sp³-hybridized carbons (Fsp3) is 0.154. The van der Waals surface area contributed by atoms with Gasteiger partial charge in [0.1, 0.15) is 0 Å². The van der Waals surface area contributed by atoms with Gasteiger partial charge in [0, 0.05) is 24.3 Å². The van der Waals surface area contributed by atoms with Crippen molar-refractivity contribution in [1.82, 2.24) is 0 Å². The molecule has 1 aliphatic rings. The highest BCUT2D eigenvalue weighted by atomic mass is 35.5. The van der Waals surface area contributed by atoms with Gasteiger partial charge in [-0.25, -0.2) is 4.79 Å². The second kappa shape index (κ2) is 11.4. The number of nitrogens with zero attached hydrogens (tertiary/aromatic N) is 2. The number of esters is 1. The Morgan fingerprint density at radius 1 is 1.03 bits per heavy atom. The molecule has 1 aliphatic heterocycles. The van der Waals surface area contributed by atoms with Gasteiger partial charge in [-0.2, -0.15) is 0 Å². The molecule has 0 bridgehead atoms. The Morgan fingerprint density at radius 2 is 1.79 bits per heavy atom. The van der Waals surface area contributed by atoms with Crippen LogP contribution in [0.25, 0.3) is 6.08 Å². The first-order valence-electron chi connectivity index (χ1n) is 10.2. The number of ether oxygens (including phenoxy) is 1. The van der Waals surface area contributed by atoms with Gasteiger partial charge >= 0.3 is 5.97 Å². The zero-order valence-electron chi connectivity index (χ0n) is 18.0. The third-order valence-corrected chi connectivity index (χ3v) is 6.07. The lowest BCUT2D eigenvalue weighted by Crippen LogP contribution is -2.26. The molecule has 0 fully saturated rings. The molecule has 7 heteroatoms. The van der Waals surface area contributed by atoms with Crippen LogP contribution in [0.3, 0.4) is 0 Å². The van der Waals surface area contributed by atoms with Crippen molar-refractivity contribution in [1.29, 1.82) is 0 Å². The molecule has 0 spiro atoms. The van der Waals surface area contributed by atoms with Crippen molar-refractivity contribution in [2.24, 2.45) is 4.99 Å². The summed E-state index contributed by atoms with van der Waals surface area (Å²) in [7, 11) is 1.40. The van der Waals surface area contributed by atoms with Crippen LogP contribution >= 0.6 is 35.6 Å². The molecule has 0 saturated carbocycles. The largest absolute Gasteiger partial charge is 0.465 e. The van der Waals surface area contributed by atoms with Crippen molar-refractivity contribution in [3.63, 3.8) is 0 Å². The summed E-state index contributed by atoms with van der Waals surface area (Å²) < 4.78 is 4.96. The van der Waals surface area contributed by atoms with Gasteiger partial charge in [0.2, 0.25) is 0 Å². The molecular weight excluding hydrogens is 479 g/mol. The topological polar surface area (TPSA) is 41.9 Å². The van der Waals surface area contributed by atoms with Gasteiger partial charge in [-0.1, -0.05) is 71.7 Å². The van der Waals surface area contributed by atoms with Gasteiger partial charge in [-0.3, -0.25) is 4.99 Å². The molecule has 0 aliphatic carbocycles. The maximum Gasteiger partial charge on any atom is 0.338 e. The van der Waals surface area contributed by atoms with E-state index in [1.54, 1.807) is 12.1 Å². The first kappa shape index (κ1) is 24.8. The molecule has 33 heavy (non-hydrogen) atoms. The van der Waals surface area contributed by atoms with E-state index in [1.807, 2.05) is 54.6 Å². The zero-order chi connectivity index (χ0) is 22.5. The SMILES string of the molecule is COC(=O)c1ccccc1CN1CCN=C(/C=C/c2ccc(Cl)c(Cl)c2)c2ccccc21.Cl. The van der Waals surface area contributed by atoms with E-state index in [9.17, 15) is 4.79 Å². The summed E-state index contributed by atoms with van der Waals surface area (Å²) in [6.07, 6.45) is 3.99. The number of carbonyl (C=O) groups excluding carboxylic acids is 1. The van der Waals surface area contributed by atoms with Gasteiger partial charge in [0.05, 0.1) is 35.0 Å². The van der Waals surface area contributed by atoms with E-state index >= 15 is 0 Å². The molecule has 0 atom stereocenters. The minimum atomic E-state index is -0.329. The van der Waals surface area contributed by atoms with Crippen molar-refractivity contribution < 1.29 is 9.53 Å². The van der Waals surface area contributed by atoms with Crippen molar-refractivity contribution in [3.8, 4) is 0 Å². The predicted molar refractivity (Wildman–Crippen MR) is 139 cm³/mol. The summed E-state index contributed by atoms with van der Waals surface area (Å²) in [5.41, 5.74) is 5.46. The zero-order valence-corrected chi connectivity index (χ0v) is 20.3. The van der Waals surface area contributed by atoms with Crippen LogP contribution in [0.5, 0.6) is 0 Å². The number of benzodiazepines with no additional fused rings is 1. The van der Waals surface area contributed by atoms with Crippen molar-refractivity contribution in [3.05, 3.63) is 105 Å². The summed E-state index contributed by atoms with van der Waals surface area (Å²) in [6, 6.07) is 21.3. The van der Waals surface area contributed by atoms with Crippen LogP contribution in [-0.4, -0.2) is 31.9 Å². The van der Waals surface area contributed by atoms with Crippen molar-refractivity contribution in [2.45, 2.75) is 6.54 Å². The third kappa shape index (κ3) is 5.77. The Balaban J connectivity index is 0.00000306. The summed E-state index contributed by atoms with van der Waals surface area (Å²) in [6.45, 7) is 1.95. The second-order valence-electron chi connectivity index (χ2n) is 7.36. The number of carbonyl (C=O) groups is 1. The number of aliphatic imine (C=N–C) groups is 1. The minimum Gasteiger partial charge on any atom is -0.465 e. The molecule has 4 rings (SSSR count). The molecule has 0 unspecified atom stereocenters. The van der Waals surface area contributed by atoms with E-state index in [4.69, 9.17) is 32.9 Å². The maximum atomic E-state index is 12.2. The number of fused-ring (bicyclic) bond motifs is 1. The number of hydrogen-bond acceptors (Lipinski definition) is 4. The maximum absolute atomic E-state index is 12.2. The van der Waals surface area contributed by atoms with Gasteiger partial charge < -0.3 is 9.64 Å². The van der Waals surface area contributed by atoms with Gasteiger partial charge in [-0.15, -0.1) is 12.4 Å². The Hall–Kier alpha value is -2.79. The highest BCUT2D eigenvalue weighted by molar-refractivity contribution is 6.42. The standard InChI is InChI=1S/C26H22Cl2N2O2.ClH/c1-32-26(31)20-7-3-2-6-19(20)17-30-15-14-29-24(21-8-4-5-9-25(21)30)13-11-18-10-12-22(27)23(28)16-18;/h2-13,16H,14-15,17H2,1H3;1H/b13-11+;. The molecule has 0 amide bonds. The van der Waals surface area contributed by atoms with Crippen molar-refractivity contribution in [2.75, 3.05) is 25.1 Å². The van der Waals surface area contributed by atoms with Gasteiger partial charge in [0.25, 0.3) is 0 Å². The molecule has 4 nitrogen and oxygen atoms in total. The fourth-order valence-electron chi connectivity index (χ4n) is 3.73. The summed E-state index contributed by atoms with van der Waals surface area (Å²) >= 11 is 12.2. The van der Waals surface area contributed by atoms with E-state index in [2.05, 4.69) is 17.0 Å². The average molecular weight is 502 g/mol. The van der Waals surface area contributed by atoms with Crippen LogP contribution in [0.4, 0.5) is 5.69 Å². The highest BCUT2D eigenvalue weighted by Crippen LogP contribution is 2.28. The third-order valence-electron chi connectivity index (χ3n) is 5.33. The number of hydrogen-bond donors (Lipinski definition) is 0. The Bertz CT molecular complexity index is 1210. The lowest BCUT2D eigenvalue weighted by Gasteiger charge is -2.25. The van der Waals surface area contributed by atoms with Crippen LogP contribution in [0.15, 0.2) is 77.8 Å². The Labute approximate surface area is 209 Å². The number of methoxy groups -OCH3 is 1. The number of anilines is 1.